The summed E-state index contributed by atoms with van der Waals surface area (Å²) in [6, 6.07) is 4.37. The number of hydrogen-bond donors (Lipinski definition) is 0. The minimum atomic E-state index is -0.348. The van der Waals surface area contributed by atoms with E-state index in [1.165, 1.54) is 12.1 Å². The Morgan fingerprint density at radius 1 is 1.41 bits per heavy atom. The molecule has 0 atom stereocenters. The summed E-state index contributed by atoms with van der Waals surface area (Å²) in [5.41, 5.74) is 0. The van der Waals surface area contributed by atoms with Crippen LogP contribution >= 0.6 is 15.9 Å². The van der Waals surface area contributed by atoms with Crippen molar-refractivity contribution in [3.8, 4) is 5.75 Å². The highest BCUT2D eigenvalue weighted by Gasteiger charge is 2.04. The quantitative estimate of drug-likeness (QED) is 0.783. The van der Waals surface area contributed by atoms with E-state index in [-0.39, 0.29) is 11.7 Å². The van der Waals surface area contributed by atoms with Crippen molar-refractivity contribution >= 4 is 21.8 Å². The maximum Gasteiger partial charge on any atom is 0.222 e. The van der Waals surface area contributed by atoms with Gasteiger partial charge >= 0.3 is 0 Å². The van der Waals surface area contributed by atoms with Crippen molar-refractivity contribution in [1.82, 2.24) is 4.90 Å². The largest absolute Gasteiger partial charge is 0.493 e. The van der Waals surface area contributed by atoms with Crippen LogP contribution in [0.15, 0.2) is 22.7 Å². The molecule has 5 heteroatoms. The highest BCUT2D eigenvalue weighted by Crippen LogP contribution is 2.20. The Kier molecular flexibility index (Phi) is 5.41. The first-order valence-corrected chi connectivity index (χ1v) is 6.07. The number of carbonyl (C=O) groups is 1. The van der Waals surface area contributed by atoms with Crippen LogP contribution in [0.4, 0.5) is 4.39 Å². The van der Waals surface area contributed by atoms with E-state index in [9.17, 15) is 9.18 Å². The van der Waals surface area contributed by atoms with Gasteiger partial charge in [-0.3, -0.25) is 4.79 Å². The van der Waals surface area contributed by atoms with Crippen LogP contribution in [0.2, 0.25) is 0 Å². The Hall–Kier alpha value is -1.10. The van der Waals surface area contributed by atoms with E-state index >= 15 is 0 Å². The molecule has 0 spiro atoms. The van der Waals surface area contributed by atoms with E-state index < -0.39 is 0 Å². The number of nitrogens with zero attached hydrogens (tertiary/aromatic N) is 1. The molecule has 0 saturated heterocycles. The van der Waals surface area contributed by atoms with Gasteiger partial charge in [0.1, 0.15) is 11.6 Å². The van der Waals surface area contributed by atoms with Gasteiger partial charge in [0.05, 0.1) is 6.61 Å². The van der Waals surface area contributed by atoms with Gasteiger partial charge in [0.15, 0.2) is 0 Å². The van der Waals surface area contributed by atoms with Gasteiger partial charge in [-0.25, -0.2) is 4.39 Å². The molecular weight excluding hydrogens is 289 g/mol. The average Bonchev–Trinajstić information content (AvgIpc) is 2.22. The van der Waals surface area contributed by atoms with Crippen LogP contribution in [0.1, 0.15) is 12.8 Å². The maximum absolute atomic E-state index is 13.0. The SMILES string of the molecule is CN(C)C(=O)CCCOc1cc(F)cc(Br)c1. The average molecular weight is 304 g/mol. The van der Waals surface area contributed by atoms with Crippen LogP contribution in [-0.2, 0) is 4.79 Å². The first-order valence-electron chi connectivity index (χ1n) is 5.28. The maximum atomic E-state index is 13.0. The molecule has 3 nitrogen and oxygen atoms in total. The zero-order valence-corrected chi connectivity index (χ0v) is 11.5. The van der Waals surface area contributed by atoms with Crippen LogP contribution in [0.5, 0.6) is 5.75 Å². The van der Waals surface area contributed by atoms with Crippen LogP contribution in [-0.4, -0.2) is 31.5 Å². The fraction of sp³-hybridized carbons (Fsp3) is 0.417. The van der Waals surface area contributed by atoms with Gasteiger partial charge in [0, 0.05) is 31.1 Å². The Labute approximate surface area is 109 Å². The van der Waals surface area contributed by atoms with Crippen molar-refractivity contribution in [2.45, 2.75) is 12.8 Å². The van der Waals surface area contributed by atoms with E-state index in [4.69, 9.17) is 4.74 Å². The third-order valence-corrected chi connectivity index (χ3v) is 2.60. The Morgan fingerprint density at radius 2 is 2.12 bits per heavy atom. The van der Waals surface area contributed by atoms with E-state index in [1.807, 2.05) is 0 Å². The third-order valence-electron chi connectivity index (χ3n) is 2.14. The van der Waals surface area contributed by atoms with E-state index in [0.29, 0.717) is 29.7 Å². The zero-order chi connectivity index (χ0) is 12.8. The highest BCUT2D eigenvalue weighted by molar-refractivity contribution is 9.10. The monoisotopic (exact) mass is 303 g/mol. The second kappa shape index (κ2) is 6.59. The highest BCUT2D eigenvalue weighted by atomic mass is 79.9. The van der Waals surface area contributed by atoms with Crippen molar-refractivity contribution < 1.29 is 13.9 Å². The van der Waals surface area contributed by atoms with Gasteiger partial charge in [-0.2, -0.15) is 0 Å². The number of ether oxygens (including phenoxy) is 1. The Morgan fingerprint density at radius 3 is 2.71 bits per heavy atom. The van der Waals surface area contributed by atoms with Crippen LogP contribution in [0.3, 0.4) is 0 Å². The minimum absolute atomic E-state index is 0.0639. The first-order chi connectivity index (χ1) is 7.99. The summed E-state index contributed by atoms with van der Waals surface area (Å²) >= 11 is 3.18. The molecule has 17 heavy (non-hydrogen) atoms. The summed E-state index contributed by atoms with van der Waals surface area (Å²) in [7, 11) is 3.43. The summed E-state index contributed by atoms with van der Waals surface area (Å²) in [5, 5.41) is 0. The van der Waals surface area contributed by atoms with E-state index in [2.05, 4.69) is 15.9 Å². The topological polar surface area (TPSA) is 29.5 Å². The van der Waals surface area contributed by atoms with Crippen LogP contribution in [0, 0.1) is 5.82 Å². The molecule has 94 valence electrons. The summed E-state index contributed by atoms with van der Waals surface area (Å²) < 4.78 is 19.0. The summed E-state index contributed by atoms with van der Waals surface area (Å²) in [5.74, 6) is 0.182. The molecule has 1 amide bonds. The van der Waals surface area contributed by atoms with E-state index in [1.54, 1.807) is 25.1 Å². The normalized spacial score (nSPS) is 10.1. The summed E-state index contributed by atoms with van der Waals surface area (Å²) in [6.45, 7) is 0.398. The standard InChI is InChI=1S/C12H15BrFNO2/c1-15(2)12(16)4-3-5-17-11-7-9(13)6-10(14)8-11/h6-8H,3-5H2,1-2H3. The predicted octanol–water partition coefficient (Wildman–Crippen LogP) is 2.84. The molecule has 0 radical (unpaired) electrons. The molecule has 0 aliphatic heterocycles. The molecule has 0 aromatic heterocycles. The summed E-state index contributed by atoms with van der Waals surface area (Å²) in [6.07, 6.45) is 1.05. The smallest absolute Gasteiger partial charge is 0.222 e. The van der Waals surface area contributed by atoms with Crippen molar-refractivity contribution in [2.24, 2.45) is 0 Å². The van der Waals surface area contributed by atoms with E-state index in [0.717, 1.165) is 0 Å². The molecule has 0 unspecified atom stereocenters. The van der Waals surface area contributed by atoms with Gasteiger partial charge < -0.3 is 9.64 Å². The zero-order valence-electron chi connectivity index (χ0n) is 9.87. The number of benzene rings is 1. The molecule has 1 aromatic rings. The third kappa shape index (κ3) is 5.17. The predicted molar refractivity (Wildman–Crippen MR) is 67.5 cm³/mol. The number of carbonyl (C=O) groups excluding carboxylic acids is 1. The van der Waals surface area contributed by atoms with Gasteiger partial charge in [0.2, 0.25) is 5.91 Å². The number of amides is 1. The van der Waals surface area contributed by atoms with Crippen molar-refractivity contribution in [2.75, 3.05) is 20.7 Å². The van der Waals surface area contributed by atoms with Gasteiger partial charge in [0.25, 0.3) is 0 Å². The molecular formula is C12H15BrFNO2. The molecule has 1 rings (SSSR count). The number of rotatable bonds is 5. The van der Waals surface area contributed by atoms with Crippen molar-refractivity contribution in [3.05, 3.63) is 28.5 Å². The minimum Gasteiger partial charge on any atom is -0.493 e. The molecule has 1 aromatic carbocycles. The molecule has 0 saturated carbocycles. The van der Waals surface area contributed by atoms with Crippen molar-refractivity contribution in [3.63, 3.8) is 0 Å². The van der Waals surface area contributed by atoms with Gasteiger partial charge in [-0.15, -0.1) is 0 Å². The Balaban J connectivity index is 2.33. The lowest BCUT2D eigenvalue weighted by molar-refractivity contribution is -0.128. The lowest BCUT2D eigenvalue weighted by Gasteiger charge is -2.10. The fourth-order valence-electron chi connectivity index (χ4n) is 1.25. The molecule has 0 aliphatic carbocycles. The van der Waals surface area contributed by atoms with Crippen molar-refractivity contribution in [1.29, 1.82) is 0 Å². The molecule has 0 heterocycles. The lowest BCUT2D eigenvalue weighted by atomic mass is 10.3. The van der Waals surface area contributed by atoms with Gasteiger partial charge in [-0.1, -0.05) is 15.9 Å². The van der Waals surface area contributed by atoms with Crippen LogP contribution in [0.25, 0.3) is 0 Å². The molecule has 0 fully saturated rings. The molecule has 0 aliphatic rings. The Bertz CT molecular complexity index is 376. The van der Waals surface area contributed by atoms with Crippen LogP contribution < -0.4 is 4.74 Å². The fourth-order valence-corrected chi connectivity index (χ4v) is 1.69. The lowest BCUT2D eigenvalue weighted by Crippen LogP contribution is -2.21. The second-order valence-corrected chi connectivity index (χ2v) is 4.76. The second-order valence-electron chi connectivity index (χ2n) is 3.85. The molecule has 0 bridgehead atoms. The van der Waals surface area contributed by atoms with Gasteiger partial charge in [-0.05, 0) is 18.6 Å². The number of halogens is 2. The number of hydrogen-bond acceptors (Lipinski definition) is 2. The first kappa shape index (κ1) is 14.0. The summed E-state index contributed by atoms with van der Waals surface area (Å²) in [4.78, 5) is 12.8. The molecule has 0 N–H and O–H groups in total.